The molecule has 4 aromatic carbocycles. The average molecular weight is 1130 g/mol. The van der Waals surface area contributed by atoms with Crippen LogP contribution in [0.3, 0.4) is 0 Å². The van der Waals surface area contributed by atoms with Crippen LogP contribution >= 0.6 is 23.2 Å². The van der Waals surface area contributed by atoms with Crippen molar-refractivity contribution in [2.75, 3.05) is 49.1 Å². The Hall–Kier alpha value is -8.56. The molecule has 6 heterocycles. The summed E-state index contributed by atoms with van der Waals surface area (Å²) in [6, 6.07) is 23.9. The number of benzene rings is 4. The largest absolute Gasteiger partial charge is 0.507 e. The zero-order valence-electron chi connectivity index (χ0n) is 43.8. The number of nitrogens with zero attached hydrogens (tertiary/aromatic N) is 10. The predicted octanol–water partition coefficient (Wildman–Crippen LogP) is 8.44. The standard InChI is InChI=1S/2C29H27ClFN5O4/c2*1-4-24(39)34-12-13-35(16(2)15-34)27-19-14-20(30)26(25-21(31)9-7-11-23(25)38)32-28(19)36(29(40)33-27)22-10-6-5-8-18(22)17(3)37/h2*4-11,14,16-17,37-38H,1,12-13,15H2,2-3H3/t2*16-,17?/m00/s1. The molecule has 0 saturated carbocycles. The molecule has 22 heteroatoms. The monoisotopic (exact) mass is 1130 g/mol. The van der Waals surface area contributed by atoms with Crippen LogP contribution in [-0.2, 0) is 9.59 Å². The van der Waals surface area contributed by atoms with Crippen molar-refractivity contribution in [2.45, 2.75) is 52.0 Å². The maximum absolute atomic E-state index is 14.9. The first-order valence-corrected chi connectivity index (χ1v) is 26.1. The fourth-order valence-corrected chi connectivity index (χ4v) is 10.7. The number of para-hydroxylation sites is 2. The number of amides is 2. The third-order valence-corrected chi connectivity index (χ3v) is 14.7. The number of aromatic nitrogens is 6. The first-order valence-electron chi connectivity index (χ1n) is 25.4. The van der Waals surface area contributed by atoms with Gasteiger partial charge in [0.2, 0.25) is 11.8 Å². The van der Waals surface area contributed by atoms with Crippen molar-refractivity contribution in [1.29, 1.82) is 0 Å². The number of piperazine rings is 2. The van der Waals surface area contributed by atoms with Crippen LogP contribution in [-0.4, -0.2) is 122 Å². The molecule has 10 rings (SSSR count). The molecule has 2 amide bonds. The van der Waals surface area contributed by atoms with Crippen LogP contribution in [0.15, 0.2) is 132 Å². The minimum atomic E-state index is -0.921. The number of phenols is 2. The van der Waals surface area contributed by atoms with Crippen molar-refractivity contribution < 1.29 is 38.8 Å². The highest BCUT2D eigenvalue weighted by Crippen LogP contribution is 2.41. The number of phenolic OH excluding ortho intramolecular Hbond substituents is 2. The lowest BCUT2D eigenvalue weighted by Gasteiger charge is -2.40. The Labute approximate surface area is 467 Å². The molecular weight excluding hydrogens is 1070 g/mol. The van der Waals surface area contributed by atoms with Gasteiger partial charge in [-0.2, -0.15) is 9.97 Å². The number of pyridine rings is 2. The Morgan fingerprint density at radius 1 is 0.600 bits per heavy atom. The predicted molar refractivity (Wildman–Crippen MR) is 303 cm³/mol. The molecule has 0 spiro atoms. The van der Waals surface area contributed by atoms with Crippen LogP contribution in [0.5, 0.6) is 11.5 Å². The lowest BCUT2D eigenvalue weighted by molar-refractivity contribution is -0.127. The van der Waals surface area contributed by atoms with Gasteiger partial charge in [-0.15, -0.1) is 0 Å². The van der Waals surface area contributed by atoms with E-state index in [9.17, 15) is 48.4 Å². The molecule has 412 valence electrons. The third-order valence-electron chi connectivity index (χ3n) is 14.1. The molecule has 0 bridgehead atoms. The van der Waals surface area contributed by atoms with Crippen molar-refractivity contribution in [3.8, 4) is 45.4 Å². The second kappa shape index (κ2) is 23.0. The van der Waals surface area contributed by atoms with E-state index in [2.05, 4.69) is 33.1 Å². The summed E-state index contributed by atoms with van der Waals surface area (Å²) in [5, 5.41) is 42.8. The quantitative estimate of drug-likeness (QED) is 0.0944. The van der Waals surface area contributed by atoms with Crippen LogP contribution in [0.4, 0.5) is 20.4 Å². The van der Waals surface area contributed by atoms with Crippen LogP contribution in [0.1, 0.15) is 51.0 Å². The Morgan fingerprint density at radius 3 is 1.31 bits per heavy atom. The van der Waals surface area contributed by atoms with Crippen LogP contribution in [0, 0.1) is 11.6 Å². The van der Waals surface area contributed by atoms with E-state index in [0.29, 0.717) is 84.2 Å². The van der Waals surface area contributed by atoms with E-state index in [1.807, 2.05) is 23.6 Å². The molecule has 0 aliphatic carbocycles. The zero-order valence-corrected chi connectivity index (χ0v) is 45.3. The van der Waals surface area contributed by atoms with Gasteiger partial charge in [0.15, 0.2) is 11.3 Å². The minimum absolute atomic E-state index is 0.0399. The highest BCUT2D eigenvalue weighted by molar-refractivity contribution is 6.34. The number of carbonyl (C=O) groups excluding carboxylic acids is 2. The Kier molecular flexibility index (Phi) is 16.2. The number of aliphatic hydroxyl groups is 2. The van der Waals surface area contributed by atoms with Gasteiger partial charge in [0, 0.05) is 62.5 Å². The van der Waals surface area contributed by atoms with Crippen molar-refractivity contribution in [3.63, 3.8) is 0 Å². The molecule has 2 fully saturated rings. The molecule has 18 nitrogen and oxygen atoms in total. The van der Waals surface area contributed by atoms with Gasteiger partial charge in [-0.3, -0.25) is 9.59 Å². The average Bonchev–Trinajstić information content (AvgIpc) is 3.52. The van der Waals surface area contributed by atoms with Crippen LogP contribution in [0.2, 0.25) is 10.0 Å². The Bertz CT molecular complexity index is 3620. The minimum Gasteiger partial charge on any atom is -0.507 e. The molecule has 4 atom stereocenters. The second-order valence-corrected chi connectivity index (χ2v) is 20.1. The molecule has 0 radical (unpaired) electrons. The highest BCUT2D eigenvalue weighted by Gasteiger charge is 2.33. The van der Waals surface area contributed by atoms with E-state index in [4.69, 9.17) is 23.2 Å². The highest BCUT2D eigenvalue weighted by atomic mass is 35.5. The summed E-state index contributed by atoms with van der Waals surface area (Å²) in [5.74, 6) is -1.96. The van der Waals surface area contributed by atoms with E-state index in [1.165, 1.54) is 57.7 Å². The van der Waals surface area contributed by atoms with Gasteiger partial charge >= 0.3 is 11.4 Å². The summed E-state index contributed by atoms with van der Waals surface area (Å²) in [7, 11) is 0. The molecule has 4 aromatic heterocycles. The summed E-state index contributed by atoms with van der Waals surface area (Å²) in [6.45, 7) is 16.4. The van der Waals surface area contributed by atoms with Crippen molar-refractivity contribution in [2.24, 2.45) is 0 Å². The van der Waals surface area contributed by atoms with Crippen LogP contribution < -0.4 is 21.2 Å². The van der Waals surface area contributed by atoms with E-state index >= 15 is 0 Å². The normalized spacial score (nSPS) is 16.3. The van der Waals surface area contributed by atoms with Gasteiger partial charge in [0.25, 0.3) is 0 Å². The number of anilines is 2. The van der Waals surface area contributed by atoms with E-state index in [-0.39, 0.29) is 79.3 Å². The molecule has 2 unspecified atom stereocenters. The zero-order chi connectivity index (χ0) is 57.4. The van der Waals surface area contributed by atoms with Gasteiger partial charge in [-0.05, 0) is 88.4 Å². The summed E-state index contributed by atoms with van der Waals surface area (Å²) in [6.07, 6.45) is 0.687. The molecule has 8 aromatic rings. The summed E-state index contributed by atoms with van der Waals surface area (Å²) in [5.41, 5.74) is -0.0475. The topological polar surface area (TPSA) is 224 Å². The van der Waals surface area contributed by atoms with Crippen molar-refractivity contribution in [1.82, 2.24) is 38.9 Å². The lowest BCUT2D eigenvalue weighted by atomic mass is 10.1. The van der Waals surface area contributed by atoms with Gasteiger partial charge in [-0.25, -0.2) is 37.5 Å². The Morgan fingerprint density at radius 2 is 0.975 bits per heavy atom. The smallest absolute Gasteiger partial charge is 0.355 e. The van der Waals surface area contributed by atoms with Crippen molar-refractivity contribution >= 4 is 68.7 Å². The maximum atomic E-state index is 14.9. The molecule has 4 N–H and O–H groups in total. The second-order valence-electron chi connectivity index (χ2n) is 19.3. The number of hydrogen-bond donors (Lipinski definition) is 4. The summed E-state index contributed by atoms with van der Waals surface area (Å²) in [4.78, 5) is 77.2. The number of rotatable bonds is 10. The molecular formula is C58H54Cl2F2N10O8. The fraction of sp³-hybridized carbons (Fsp3) is 0.241. The third kappa shape index (κ3) is 10.6. The number of fused-ring (bicyclic) bond motifs is 2. The lowest BCUT2D eigenvalue weighted by Crippen LogP contribution is -2.54. The van der Waals surface area contributed by atoms with Gasteiger partial charge < -0.3 is 40.0 Å². The Balaban J connectivity index is 0.000000194. The summed E-state index contributed by atoms with van der Waals surface area (Å²) >= 11 is 13.3. The van der Waals surface area contributed by atoms with E-state index in [1.54, 1.807) is 84.3 Å². The fourth-order valence-electron chi connectivity index (χ4n) is 10.2. The number of hydrogen-bond acceptors (Lipinski definition) is 14. The number of aromatic hydroxyl groups is 2. The van der Waals surface area contributed by atoms with Crippen molar-refractivity contribution in [3.05, 3.63) is 176 Å². The first-order chi connectivity index (χ1) is 38.2. The van der Waals surface area contributed by atoms with E-state index in [0.717, 1.165) is 0 Å². The SMILES string of the molecule is C=CC(=O)N1CCN(c2nc(=O)n(-c3ccccc3C(C)O)c3nc(-c4c(O)cccc4F)c(Cl)cc23)[C@@H](C)C1.C=CC(=O)N1CCN(c2nc(=O)n(-c3ccccc3C(C)O)c3nc(-c4c(O)cccc4F)c(Cl)cc23)[C@@H](C)C1. The van der Waals surface area contributed by atoms with Gasteiger partial charge in [0.1, 0.15) is 34.8 Å². The first kappa shape index (κ1) is 56.2. The van der Waals surface area contributed by atoms with Crippen LogP contribution in [0.25, 0.3) is 56.0 Å². The number of aliphatic hydroxyl groups excluding tert-OH is 2. The number of carbonyl (C=O) groups is 2. The van der Waals surface area contributed by atoms with Gasteiger partial charge in [0.05, 0.1) is 66.9 Å². The molecule has 2 saturated heterocycles. The molecule has 2 aliphatic rings. The van der Waals surface area contributed by atoms with E-state index < -0.39 is 35.2 Å². The molecule has 80 heavy (non-hydrogen) atoms. The number of halogens is 4. The maximum Gasteiger partial charge on any atom is 0.355 e. The molecule has 2 aliphatic heterocycles. The van der Waals surface area contributed by atoms with Gasteiger partial charge in [-0.1, -0.05) is 84.9 Å². The summed E-state index contributed by atoms with van der Waals surface area (Å²) < 4.78 is 32.3.